The number of hydrogen-bond acceptors (Lipinski definition) is 6. The molecule has 1 amide bonds. The van der Waals surface area contributed by atoms with Crippen molar-refractivity contribution in [2.45, 2.75) is 13.8 Å². The van der Waals surface area contributed by atoms with Crippen LogP contribution < -0.4 is 14.4 Å². The van der Waals surface area contributed by atoms with Crippen LogP contribution in [-0.2, 0) is 12.4 Å². The molecule has 0 saturated carbocycles. The Morgan fingerprint density at radius 1 is 1.11 bits per heavy atom. The zero-order chi connectivity index (χ0) is 20.4. The van der Waals surface area contributed by atoms with Crippen LogP contribution in [0.4, 0.5) is 5.69 Å². The van der Waals surface area contributed by atoms with Crippen LogP contribution in [0.5, 0.6) is 5.75 Å². The Balaban J connectivity index is 0.000000277. The molecule has 27 heavy (non-hydrogen) atoms. The number of benzene rings is 2. The van der Waals surface area contributed by atoms with Crippen molar-refractivity contribution in [3.63, 3.8) is 0 Å². The van der Waals surface area contributed by atoms with Gasteiger partial charge in [0, 0.05) is 0 Å². The second-order valence-corrected chi connectivity index (χ2v) is 8.67. The quantitative estimate of drug-likeness (QED) is 0.300. The first-order valence-corrected chi connectivity index (χ1v) is 11.0. The molecule has 0 radical (unpaired) electrons. The normalized spacial score (nSPS) is 12.1. The summed E-state index contributed by atoms with van der Waals surface area (Å²) in [6.45, 7) is 3.65. The topological polar surface area (TPSA) is 142 Å². The van der Waals surface area contributed by atoms with Crippen LogP contribution in [-0.4, -0.2) is 47.1 Å². The average molecular weight is 441 g/mol. The number of carboxylic acid groups (broad SMARTS) is 1. The van der Waals surface area contributed by atoms with Gasteiger partial charge in [-0.05, 0) is 19.1 Å². The molecule has 10 heteroatoms. The van der Waals surface area contributed by atoms with Crippen LogP contribution in [0.1, 0.15) is 24.2 Å². The van der Waals surface area contributed by atoms with Crippen molar-refractivity contribution in [3.05, 3.63) is 54.1 Å². The van der Waals surface area contributed by atoms with Crippen LogP contribution >= 0.6 is 0 Å². The standard InChI is InChI=1S/C9H10O3.C8H10AsNO5/c1-2-12-8-6-4-3-5-7(8)9(10)11;1-6(11)10-8-4-2-7(3-5-8)9(12,13)15-14/h3-6H,2H2,1H3,(H,10,11);2-5,14H,1H3,(H,10,11)(H,12,13). The molecule has 0 aliphatic carbocycles. The van der Waals surface area contributed by atoms with Gasteiger partial charge in [-0.1, -0.05) is 12.1 Å². The summed E-state index contributed by atoms with van der Waals surface area (Å²) in [6, 6.07) is 12.1. The number of carbonyl (C=O) groups is 2. The van der Waals surface area contributed by atoms with E-state index in [0.29, 0.717) is 18.0 Å². The fourth-order valence-electron chi connectivity index (χ4n) is 1.91. The van der Waals surface area contributed by atoms with Gasteiger partial charge in [0.2, 0.25) is 0 Å². The van der Waals surface area contributed by atoms with E-state index in [1.807, 2.05) is 6.92 Å². The number of carbonyl (C=O) groups excluding carboxylic acids is 1. The molecule has 1 atom stereocenters. The van der Waals surface area contributed by atoms with Crippen molar-refractivity contribution in [1.29, 1.82) is 0 Å². The van der Waals surface area contributed by atoms with Gasteiger partial charge in [-0.2, -0.15) is 0 Å². The molecule has 0 saturated heterocycles. The minimum atomic E-state index is -4.76. The third kappa shape index (κ3) is 7.28. The molecule has 1 unspecified atom stereocenters. The maximum absolute atomic E-state index is 11.2. The number of hydrogen-bond donors (Lipinski definition) is 4. The van der Waals surface area contributed by atoms with E-state index >= 15 is 0 Å². The van der Waals surface area contributed by atoms with Gasteiger partial charge in [-0.25, -0.2) is 4.79 Å². The fraction of sp³-hybridized carbons (Fsp3) is 0.176. The van der Waals surface area contributed by atoms with Gasteiger partial charge in [0.1, 0.15) is 11.3 Å². The van der Waals surface area contributed by atoms with E-state index in [9.17, 15) is 13.3 Å². The van der Waals surface area contributed by atoms with E-state index in [2.05, 4.69) is 9.19 Å². The van der Waals surface area contributed by atoms with Gasteiger partial charge in [-0.3, -0.25) is 0 Å². The molecule has 146 valence electrons. The molecule has 2 aromatic rings. The summed E-state index contributed by atoms with van der Waals surface area (Å²) >= 11 is -4.76. The van der Waals surface area contributed by atoms with Crippen LogP contribution in [0.25, 0.3) is 0 Å². The number of ether oxygens (including phenoxy) is 1. The zero-order valence-corrected chi connectivity index (χ0v) is 16.5. The minimum Gasteiger partial charge on any atom is -0.493 e. The summed E-state index contributed by atoms with van der Waals surface area (Å²) < 4.78 is 28.9. The van der Waals surface area contributed by atoms with Crippen LogP contribution in [0.15, 0.2) is 48.5 Å². The van der Waals surface area contributed by atoms with Crippen LogP contribution in [0.3, 0.4) is 0 Å². The second-order valence-electron chi connectivity index (χ2n) is 5.06. The maximum Gasteiger partial charge on any atom is 0.339 e. The molecule has 0 aromatic heterocycles. The monoisotopic (exact) mass is 441 g/mol. The third-order valence-corrected chi connectivity index (χ3v) is 5.50. The summed E-state index contributed by atoms with van der Waals surface area (Å²) in [5, 5.41) is 19.4. The molecule has 4 N–H and O–H groups in total. The van der Waals surface area contributed by atoms with E-state index in [-0.39, 0.29) is 15.8 Å². The Bertz CT molecular complexity index is 822. The Morgan fingerprint density at radius 3 is 2.19 bits per heavy atom. The first-order chi connectivity index (χ1) is 12.7. The van der Waals surface area contributed by atoms with Gasteiger partial charge in [0.15, 0.2) is 0 Å². The van der Waals surface area contributed by atoms with Crippen molar-refractivity contribution in [2.75, 3.05) is 11.9 Å². The van der Waals surface area contributed by atoms with Crippen LogP contribution in [0, 0.1) is 0 Å². The summed E-state index contributed by atoms with van der Waals surface area (Å²) in [4.78, 5) is 21.3. The van der Waals surface area contributed by atoms with E-state index < -0.39 is 20.1 Å². The number of amides is 1. The molecule has 2 aromatic carbocycles. The molecule has 9 nitrogen and oxygen atoms in total. The number of anilines is 1. The number of nitrogens with one attached hydrogen (secondary N) is 1. The van der Waals surface area contributed by atoms with Crippen molar-refractivity contribution < 1.29 is 36.4 Å². The first kappa shape index (κ1) is 22.5. The van der Waals surface area contributed by atoms with Crippen LogP contribution in [0.2, 0.25) is 0 Å². The Labute approximate surface area is 158 Å². The Hall–Kier alpha value is -2.58. The van der Waals surface area contributed by atoms with Crippen molar-refractivity contribution in [1.82, 2.24) is 0 Å². The summed E-state index contributed by atoms with van der Waals surface area (Å²) in [5.41, 5.74) is 0.707. The molecular weight excluding hydrogens is 421 g/mol. The fourth-order valence-corrected chi connectivity index (χ4v) is 3.21. The van der Waals surface area contributed by atoms with E-state index in [1.165, 1.54) is 37.3 Å². The summed E-state index contributed by atoms with van der Waals surface area (Å²) in [7, 11) is 0. The van der Waals surface area contributed by atoms with Gasteiger partial charge in [0.25, 0.3) is 0 Å². The van der Waals surface area contributed by atoms with Crippen molar-refractivity contribution >= 4 is 36.1 Å². The smallest absolute Gasteiger partial charge is 0.339 e. The number of rotatable bonds is 6. The molecule has 0 fully saturated rings. The zero-order valence-electron chi connectivity index (χ0n) is 14.7. The van der Waals surface area contributed by atoms with E-state index in [1.54, 1.807) is 18.2 Å². The second kappa shape index (κ2) is 10.5. The summed E-state index contributed by atoms with van der Waals surface area (Å²) in [6.07, 6.45) is 0. The van der Waals surface area contributed by atoms with Gasteiger partial charge in [-0.15, -0.1) is 0 Å². The molecule has 0 bridgehead atoms. The minimum absolute atomic E-state index is 0.00438. The van der Waals surface area contributed by atoms with Gasteiger partial charge in [0.05, 0.1) is 6.61 Å². The van der Waals surface area contributed by atoms with E-state index in [0.717, 1.165) is 0 Å². The van der Waals surface area contributed by atoms with Crippen molar-refractivity contribution in [2.24, 2.45) is 0 Å². The largest absolute Gasteiger partial charge is 0.493 e. The predicted molar refractivity (Wildman–Crippen MR) is 97.3 cm³/mol. The molecule has 2 rings (SSSR count). The SMILES string of the molecule is CC(=O)Nc1ccc([As](=O)(O)OO)cc1.CCOc1ccccc1C(=O)O. The van der Waals surface area contributed by atoms with E-state index in [4.69, 9.17) is 19.2 Å². The molecule has 0 spiro atoms. The van der Waals surface area contributed by atoms with Gasteiger partial charge >= 0.3 is 94.4 Å². The third-order valence-electron chi connectivity index (χ3n) is 3.04. The average Bonchev–Trinajstić information content (AvgIpc) is 2.63. The number of aromatic carboxylic acids is 1. The maximum atomic E-state index is 11.2. The molecular formula is C17H20AsNO8. The molecule has 0 heterocycles. The Morgan fingerprint density at radius 2 is 1.70 bits per heavy atom. The van der Waals surface area contributed by atoms with Crippen molar-refractivity contribution in [3.8, 4) is 5.75 Å². The number of carboxylic acids is 1. The molecule has 0 aliphatic rings. The molecule has 0 aliphatic heterocycles. The van der Waals surface area contributed by atoms with Gasteiger partial charge < -0.3 is 9.84 Å². The Kier molecular flexibility index (Phi) is 8.77. The number of para-hydroxylation sites is 1. The predicted octanol–water partition coefficient (Wildman–Crippen LogP) is 1.49. The first-order valence-electron chi connectivity index (χ1n) is 7.70. The summed E-state index contributed by atoms with van der Waals surface area (Å²) in [5.74, 6) is -0.773.